The number of aromatic nitrogens is 2. The van der Waals surface area contributed by atoms with Crippen molar-refractivity contribution in [3.63, 3.8) is 0 Å². The first-order chi connectivity index (χ1) is 13.3. The second-order valence-electron chi connectivity index (χ2n) is 5.66. The highest BCUT2D eigenvalue weighted by molar-refractivity contribution is 9.12. The molecule has 2 rings (SSSR count). The summed E-state index contributed by atoms with van der Waals surface area (Å²) in [5.74, 6) is -0.972. The fourth-order valence-corrected chi connectivity index (χ4v) is 3.11. The molecule has 2 unspecified atom stereocenters. The van der Waals surface area contributed by atoms with Gasteiger partial charge in [0.05, 0.1) is 28.3 Å². The van der Waals surface area contributed by atoms with Crippen LogP contribution in [0, 0.1) is 0 Å². The maximum atomic E-state index is 13.1. The normalized spacial score (nSPS) is 14.4. The van der Waals surface area contributed by atoms with E-state index in [0.717, 1.165) is 0 Å². The number of halogens is 8. The predicted octanol–water partition coefficient (Wildman–Crippen LogP) is 5.94. The maximum absolute atomic E-state index is 13.1. The number of hydrogen-bond donors (Lipinski definition) is 0. The van der Waals surface area contributed by atoms with E-state index in [2.05, 4.69) is 41.8 Å². The summed E-state index contributed by atoms with van der Waals surface area (Å²) in [5.41, 5.74) is -3.25. The molecule has 0 spiro atoms. The SMILES string of the molecule is CCOC(=O)C(Br)C(Br)c1ccnc(-c2cc(C(F)(F)F)cc(C(F)(F)F)c2)n1. The van der Waals surface area contributed by atoms with Gasteiger partial charge < -0.3 is 4.74 Å². The van der Waals surface area contributed by atoms with Gasteiger partial charge in [-0.05, 0) is 31.2 Å². The molecule has 1 aromatic carbocycles. The molecule has 158 valence electrons. The van der Waals surface area contributed by atoms with Gasteiger partial charge in [0.15, 0.2) is 5.82 Å². The number of ether oxygens (including phenoxy) is 1. The summed E-state index contributed by atoms with van der Waals surface area (Å²) in [7, 11) is 0. The molecule has 0 amide bonds. The van der Waals surface area contributed by atoms with Crippen LogP contribution in [0.5, 0.6) is 0 Å². The van der Waals surface area contributed by atoms with Crippen LogP contribution in [0.4, 0.5) is 26.3 Å². The Balaban J connectivity index is 2.50. The fraction of sp³-hybridized carbons (Fsp3) is 0.353. The van der Waals surface area contributed by atoms with Gasteiger partial charge in [0.25, 0.3) is 0 Å². The van der Waals surface area contributed by atoms with Gasteiger partial charge in [0.2, 0.25) is 0 Å². The topological polar surface area (TPSA) is 52.1 Å². The molecule has 1 aromatic heterocycles. The summed E-state index contributed by atoms with van der Waals surface area (Å²) in [5, 5.41) is 0. The van der Waals surface area contributed by atoms with Crippen molar-refractivity contribution >= 4 is 37.8 Å². The number of esters is 1. The van der Waals surface area contributed by atoms with Crippen LogP contribution in [0.15, 0.2) is 30.5 Å². The molecule has 0 aliphatic heterocycles. The number of hydrogen-bond acceptors (Lipinski definition) is 4. The number of benzene rings is 1. The van der Waals surface area contributed by atoms with Crippen LogP contribution in [0.3, 0.4) is 0 Å². The average molecular weight is 550 g/mol. The first-order valence-electron chi connectivity index (χ1n) is 7.92. The standard InChI is InChI=1S/C17H12Br2F6N2O2/c1-2-29-15(28)13(19)12(18)11-3-4-26-14(27-11)8-5-9(16(20,21)22)7-10(6-8)17(23,24)25/h3-7,12-13H,2H2,1H3. The van der Waals surface area contributed by atoms with Crippen molar-refractivity contribution in [2.24, 2.45) is 0 Å². The maximum Gasteiger partial charge on any atom is 0.416 e. The van der Waals surface area contributed by atoms with Gasteiger partial charge in [0, 0.05) is 11.8 Å². The highest BCUT2D eigenvalue weighted by Gasteiger charge is 2.37. The molecule has 0 N–H and O–H groups in total. The summed E-state index contributed by atoms with van der Waals surface area (Å²) in [6.07, 6.45) is -8.81. The minimum Gasteiger partial charge on any atom is -0.465 e. The second-order valence-corrected chi connectivity index (χ2v) is 7.63. The number of carbonyl (C=O) groups is 1. The van der Waals surface area contributed by atoms with E-state index < -0.39 is 44.7 Å². The van der Waals surface area contributed by atoms with Gasteiger partial charge in [-0.3, -0.25) is 4.79 Å². The Morgan fingerprint density at radius 3 is 2.10 bits per heavy atom. The number of carbonyl (C=O) groups excluding carboxylic acids is 1. The Hall–Kier alpha value is -1.69. The van der Waals surface area contributed by atoms with Crippen molar-refractivity contribution in [3.8, 4) is 11.4 Å². The van der Waals surface area contributed by atoms with E-state index in [-0.39, 0.29) is 24.2 Å². The predicted molar refractivity (Wildman–Crippen MR) is 98.5 cm³/mol. The van der Waals surface area contributed by atoms with Crippen LogP contribution in [0.25, 0.3) is 11.4 Å². The van der Waals surface area contributed by atoms with Crippen LogP contribution in [0.1, 0.15) is 28.6 Å². The molecule has 4 nitrogen and oxygen atoms in total. The number of rotatable bonds is 5. The molecule has 2 atom stereocenters. The smallest absolute Gasteiger partial charge is 0.416 e. The molecular formula is C17H12Br2F6N2O2. The minimum atomic E-state index is -4.99. The molecule has 12 heteroatoms. The van der Waals surface area contributed by atoms with Crippen LogP contribution < -0.4 is 0 Å². The van der Waals surface area contributed by atoms with Gasteiger partial charge in [-0.1, -0.05) is 31.9 Å². The van der Waals surface area contributed by atoms with Crippen LogP contribution in [0.2, 0.25) is 0 Å². The molecule has 0 saturated heterocycles. The van der Waals surface area contributed by atoms with Crippen molar-refractivity contribution in [1.29, 1.82) is 0 Å². The van der Waals surface area contributed by atoms with E-state index in [4.69, 9.17) is 4.74 Å². The molecule has 0 aliphatic rings. The van der Waals surface area contributed by atoms with Crippen LogP contribution in [-0.4, -0.2) is 27.4 Å². The first kappa shape index (κ1) is 23.6. The summed E-state index contributed by atoms with van der Waals surface area (Å²) in [6, 6.07) is 2.47. The average Bonchev–Trinajstić information content (AvgIpc) is 2.65. The molecule has 0 fully saturated rings. The van der Waals surface area contributed by atoms with E-state index in [1.165, 1.54) is 12.3 Å². The van der Waals surface area contributed by atoms with Crippen LogP contribution >= 0.6 is 31.9 Å². The molecular weight excluding hydrogens is 538 g/mol. The van der Waals surface area contributed by atoms with E-state index in [1.54, 1.807) is 6.92 Å². The van der Waals surface area contributed by atoms with Crippen molar-refractivity contribution in [2.45, 2.75) is 28.9 Å². The quantitative estimate of drug-likeness (QED) is 0.263. The Morgan fingerprint density at radius 2 is 1.62 bits per heavy atom. The lowest BCUT2D eigenvalue weighted by atomic mass is 10.0. The summed E-state index contributed by atoms with van der Waals surface area (Å²) < 4.78 is 83.2. The second kappa shape index (κ2) is 8.99. The Labute approximate surface area is 177 Å². The highest BCUT2D eigenvalue weighted by Crippen LogP contribution is 2.38. The molecule has 29 heavy (non-hydrogen) atoms. The van der Waals surface area contributed by atoms with Crippen molar-refractivity contribution in [1.82, 2.24) is 9.97 Å². The molecule has 2 aromatic rings. The lowest BCUT2D eigenvalue weighted by Gasteiger charge is -2.16. The lowest BCUT2D eigenvalue weighted by molar-refractivity contribution is -0.143. The Morgan fingerprint density at radius 1 is 1.07 bits per heavy atom. The Kier molecular flexibility index (Phi) is 7.31. The molecule has 0 aliphatic carbocycles. The highest BCUT2D eigenvalue weighted by atomic mass is 79.9. The van der Waals surface area contributed by atoms with E-state index in [1.807, 2.05) is 0 Å². The lowest BCUT2D eigenvalue weighted by Crippen LogP contribution is -2.22. The van der Waals surface area contributed by atoms with E-state index >= 15 is 0 Å². The minimum absolute atomic E-state index is 0.0237. The zero-order valence-corrected chi connectivity index (χ0v) is 17.7. The molecule has 1 heterocycles. The van der Waals surface area contributed by atoms with Gasteiger partial charge in [-0.15, -0.1) is 0 Å². The first-order valence-corrected chi connectivity index (χ1v) is 9.75. The molecule has 0 radical (unpaired) electrons. The summed E-state index contributed by atoms with van der Waals surface area (Å²) >= 11 is 6.35. The van der Waals surface area contributed by atoms with Crippen LogP contribution in [-0.2, 0) is 21.9 Å². The third kappa shape index (κ3) is 5.91. The van der Waals surface area contributed by atoms with Crippen molar-refractivity contribution in [3.05, 3.63) is 47.3 Å². The summed E-state index contributed by atoms with van der Waals surface area (Å²) in [6.45, 7) is 1.73. The van der Waals surface area contributed by atoms with Gasteiger partial charge in [-0.25, -0.2) is 9.97 Å². The van der Waals surface area contributed by atoms with E-state index in [0.29, 0.717) is 12.1 Å². The molecule has 0 saturated carbocycles. The van der Waals surface area contributed by atoms with Gasteiger partial charge in [-0.2, -0.15) is 26.3 Å². The zero-order valence-electron chi connectivity index (χ0n) is 14.5. The third-order valence-corrected chi connectivity index (χ3v) is 6.18. The van der Waals surface area contributed by atoms with Gasteiger partial charge in [0.1, 0.15) is 4.83 Å². The zero-order chi connectivity index (χ0) is 22.0. The molecule has 0 bridgehead atoms. The Bertz CT molecular complexity index is 857. The number of nitrogens with zero attached hydrogens (tertiary/aromatic N) is 2. The van der Waals surface area contributed by atoms with E-state index in [9.17, 15) is 31.1 Å². The van der Waals surface area contributed by atoms with Gasteiger partial charge >= 0.3 is 18.3 Å². The van der Waals surface area contributed by atoms with Crippen molar-refractivity contribution < 1.29 is 35.9 Å². The monoisotopic (exact) mass is 548 g/mol. The summed E-state index contributed by atoms with van der Waals surface area (Å²) in [4.78, 5) is 18.0. The number of alkyl halides is 8. The largest absolute Gasteiger partial charge is 0.465 e. The van der Waals surface area contributed by atoms with Crippen molar-refractivity contribution in [2.75, 3.05) is 6.61 Å². The third-order valence-electron chi connectivity index (χ3n) is 3.57. The fourth-order valence-electron chi connectivity index (χ4n) is 2.24.